The lowest BCUT2D eigenvalue weighted by Gasteiger charge is -2.07. The highest BCUT2D eigenvalue weighted by Crippen LogP contribution is 1.95. The number of hydrogen-bond acceptors (Lipinski definition) is 6. The molecule has 0 aromatic rings. The van der Waals surface area contributed by atoms with Crippen molar-refractivity contribution in [3.05, 3.63) is 0 Å². The second-order valence-corrected chi connectivity index (χ2v) is 6.23. The average Bonchev–Trinajstić information content (AvgIpc) is 2.50. The first kappa shape index (κ1) is 21.7. The van der Waals surface area contributed by atoms with E-state index in [1.165, 1.54) is 11.5 Å². The maximum Gasteiger partial charge on any atom is 0.305 e. The highest BCUT2D eigenvalue weighted by molar-refractivity contribution is 7.99. The van der Waals surface area contributed by atoms with Crippen LogP contribution in [0.5, 0.6) is 0 Å². The van der Waals surface area contributed by atoms with Gasteiger partial charge in [-0.3, -0.25) is 4.79 Å². The van der Waals surface area contributed by atoms with Gasteiger partial charge >= 0.3 is 5.97 Å². The zero-order valence-electron chi connectivity index (χ0n) is 13.8. The standard InChI is InChI=1S/C15H32N2O4S/c1-2-22-13-10-17-9-5-8-16-7-3-4-11-20-14-21-12-6-15(18)19/h16-17H,2-14H2,1H3,(H,18,19). The van der Waals surface area contributed by atoms with Crippen LogP contribution in [-0.4, -0.2) is 68.8 Å². The zero-order chi connectivity index (χ0) is 16.3. The third-order valence-electron chi connectivity index (χ3n) is 2.85. The Morgan fingerprint density at radius 2 is 1.68 bits per heavy atom. The molecule has 0 radical (unpaired) electrons. The quantitative estimate of drug-likeness (QED) is 0.259. The van der Waals surface area contributed by atoms with Crippen LogP contribution in [0.3, 0.4) is 0 Å². The molecule has 0 heterocycles. The Hall–Kier alpha value is -0.340. The molecule has 0 atom stereocenters. The summed E-state index contributed by atoms with van der Waals surface area (Å²) >= 11 is 1.97. The van der Waals surface area contributed by atoms with Crippen LogP contribution in [-0.2, 0) is 14.3 Å². The van der Waals surface area contributed by atoms with Gasteiger partial charge < -0.3 is 25.2 Å². The lowest BCUT2D eigenvalue weighted by atomic mass is 10.3. The Labute approximate surface area is 138 Å². The molecule has 7 heteroatoms. The maximum atomic E-state index is 10.2. The van der Waals surface area contributed by atoms with Gasteiger partial charge in [0.25, 0.3) is 0 Å². The second kappa shape index (κ2) is 18.7. The predicted molar refractivity (Wildman–Crippen MR) is 91.6 cm³/mol. The topological polar surface area (TPSA) is 79.8 Å². The summed E-state index contributed by atoms with van der Waals surface area (Å²) in [5, 5.41) is 15.3. The lowest BCUT2D eigenvalue weighted by Crippen LogP contribution is -2.24. The van der Waals surface area contributed by atoms with Gasteiger partial charge in [0.15, 0.2) is 0 Å². The normalized spacial score (nSPS) is 11.0. The van der Waals surface area contributed by atoms with E-state index in [1.54, 1.807) is 0 Å². The van der Waals surface area contributed by atoms with Crippen molar-refractivity contribution in [3.8, 4) is 0 Å². The molecule has 0 saturated carbocycles. The van der Waals surface area contributed by atoms with Crippen LogP contribution in [0, 0.1) is 0 Å². The number of hydrogen-bond donors (Lipinski definition) is 3. The first-order valence-electron chi connectivity index (χ1n) is 8.13. The van der Waals surface area contributed by atoms with Gasteiger partial charge in [-0.15, -0.1) is 0 Å². The minimum Gasteiger partial charge on any atom is -0.481 e. The Morgan fingerprint density at radius 1 is 1.00 bits per heavy atom. The molecule has 0 aliphatic carbocycles. The van der Waals surface area contributed by atoms with E-state index < -0.39 is 5.97 Å². The number of ether oxygens (including phenoxy) is 2. The fourth-order valence-corrected chi connectivity index (χ4v) is 2.24. The molecule has 0 saturated heterocycles. The van der Waals surface area contributed by atoms with E-state index >= 15 is 0 Å². The van der Waals surface area contributed by atoms with E-state index in [2.05, 4.69) is 17.6 Å². The Morgan fingerprint density at radius 3 is 2.41 bits per heavy atom. The SMILES string of the molecule is CCSCCNCCCNCCCCOCOCCC(=O)O. The van der Waals surface area contributed by atoms with Crippen LogP contribution < -0.4 is 10.6 Å². The summed E-state index contributed by atoms with van der Waals surface area (Å²) in [6, 6.07) is 0. The van der Waals surface area contributed by atoms with Crippen molar-refractivity contribution in [3.63, 3.8) is 0 Å². The summed E-state index contributed by atoms with van der Waals surface area (Å²) in [6.07, 6.45) is 3.25. The third kappa shape index (κ3) is 19.7. The summed E-state index contributed by atoms with van der Waals surface area (Å²) in [5.41, 5.74) is 0. The van der Waals surface area contributed by atoms with E-state index in [0.717, 1.165) is 45.4 Å². The molecule has 0 amide bonds. The summed E-state index contributed by atoms with van der Waals surface area (Å²) in [7, 11) is 0. The number of aliphatic carboxylic acids is 1. The number of unbranched alkanes of at least 4 members (excludes halogenated alkanes) is 1. The minimum atomic E-state index is -0.846. The van der Waals surface area contributed by atoms with E-state index in [9.17, 15) is 4.79 Å². The van der Waals surface area contributed by atoms with Gasteiger partial charge in [0.2, 0.25) is 0 Å². The molecule has 0 rings (SSSR count). The molecule has 0 unspecified atom stereocenters. The van der Waals surface area contributed by atoms with Gasteiger partial charge in [0.1, 0.15) is 6.79 Å². The van der Waals surface area contributed by atoms with Crippen molar-refractivity contribution in [2.45, 2.75) is 32.6 Å². The van der Waals surface area contributed by atoms with Crippen LogP contribution >= 0.6 is 11.8 Å². The molecule has 0 fully saturated rings. The van der Waals surface area contributed by atoms with E-state index in [1.807, 2.05) is 11.8 Å². The Balaban J connectivity index is 2.95. The van der Waals surface area contributed by atoms with Crippen molar-refractivity contribution in [2.24, 2.45) is 0 Å². The molecule has 0 bridgehead atoms. The van der Waals surface area contributed by atoms with Crippen LogP contribution in [0.25, 0.3) is 0 Å². The van der Waals surface area contributed by atoms with Gasteiger partial charge in [-0.2, -0.15) is 11.8 Å². The molecule has 22 heavy (non-hydrogen) atoms. The van der Waals surface area contributed by atoms with Gasteiger partial charge in [-0.25, -0.2) is 0 Å². The molecule has 0 aliphatic heterocycles. The molecule has 0 aromatic carbocycles. The number of carboxylic acid groups (broad SMARTS) is 1. The third-order valence-corrected chi connectivity index (χ3v) is 3.75. The second-order valence-electron chi connectivity index (χ2n) is 4.84. The van der Waals surface area contributed by atoms with Gasteiger partial charge in [0.05, 0.1) is 13.0 Å². The molecular formula is C15H32N2O4S. The average molecular weight is 336 g/mol. The molecule has 0 aromatic heterocycles. The highest BCUT2D eigenvalue weighted by Gasteiger charge is 1.96. The molecule has 0 spiro atoms. The van der Waals surface area contributed by atoms with Crippen LogP contribution in [0.15, 0.2) is 0 Å². The zero-order valence-corrected chi connectivity index (χ0v) is 14.6. The number of carboxylic acids is 1. The minimum absolute atomic E-state index is 0.0274. The summed E-state index contributed by atoms with van der Waals surface area (Å²) < 4.78 is 10.3. The predicted octanol–water partition coefficient (Wildman–Crippen LogP) is 1.55. The molecule has 3 N–H and O–H groups in total. The summed E-state index contributed by atoms with van der Waals surface area (Å²) in [4.78, 5) is 10.2. The summed E-state index contributed by atoms with van der Waals surface area (Å²) in [5.74, 6) is 1.55. The van der Waals surface area contributed by atoms with E-state index in [-0.39, 0.29) is 19.8 Å². The van der Waals surface area contributed by atoms with Crippen molar-refractivity contribution < 1.29 is 19.4 Å². The fourth-order valence-electron chi connectivity index (χ4n) is 1.67. The largest absolute Gasteiger partial charge is 0.481 e. The first-order chi connectivity index (χ1) is 10.8. The number of rotatable bonds is 18. The summed E-state index contributed by atoms with van der Waals surface area (Å²) in [6.45, 7) is 7.47. The number of carbonyl (C=O) groups is 1. The van der Waals surface area contributed by atoms with Crippen molar-refractivity contribution in [2.75, 3.05) is 57.7 Å². The van der Waals surface area contributed by atoms with Crippen molar-refractivity contribution >= 4 is 17.7 Å². The first-order valence-corrected chi connectivity index (χ1v) is 9.29. The Kier molecular flexibility index (Phi) is 18.4. The lowest BCUT2D eigenvalue weighted by molar-refractivity contribution is -0.139. The van der Waals surface area contributed by atoms with Crippen molar-refractivity contribution in [1.29, 1.82) is 0 Å². The van der Waals surface area contributed by atoms with Crippen molar-refractivity contribution in [1.82, 2.24) is 10.6 Å². The van der Waals surface area contributed by atoms with Gasteiger partial charge in [-0.05, 0) is 44.6 Å². The number of nitrogens with one attached hydrogen (secondary N) is 2. The Bertz CT molecular complexity index is 246. The van der Waals surface area contributed by atoms with E-state index in [4.69, 9.17) is 14.6 Å². The monoisotopic (exact) mass is 336 g/mol. The molecular weight excluding hydrogens is 304 g/mol. The van der Waals surface area contributed by atoms with Crippen LogP contribution in [0.4, 0.5) is 0 Å². The van der Waals surface area contributed by atoms with Gasteiger partial charge in [-0.1, -0.05) is 6.92 Å². The highest BCUT2D eigenvalue weighted by atomic mass is 32.2. The van der Waals surface area contributed by atoms with E-state index in [0.29, 0.717) is 6.61 Å². The van der Waals surface area contributed by atoms with Crippen LogP contribution in [0.2, 0.25) is 0 Å². The molecule has 132 valence electrons. The van der Waals surface area contributed by atoms with Crippen LogP contribution in [0.1, 0.15) is 32.6 Å². The fraction of sp³-hybridized carbons (Fsp3) is 0.933. The smallest absolute Gasteiger partial charge is 0.305 e. The molecule has 6 nitrogen and oxygen atoms in total. The molecule has 0 aliphatic rings. The van der Waals surface area contributed by atoms with Gasteiger partial charge in [0, 0.05) is 18.9 Å². The number of thioether (sulfide) groups is 1. The maximum absolute atomic E-state index is 10.2.